The lowest BCUT2D eigenvalue weighted by Gasteiger charge is -2.17. The van der Waals surface area contributed by atoms with Crippen molar-refractivity contribution in [3.8, 4) is 11.3 Å². The molecule has 1 amide bonds. The second-order valence-corrected chi connectivity index (χ2v) is 6.78. The Morgan fingerprint density at radius 2 is 1.92 bits per heavy atom. The Hall–Kier alpha value is -2.73. The molecule has 0 saturated heterocycles. The number of halogens is 1. The third-order valence-electron chi connectivity index (χ3n) is 4.35. The van der Waals surface area contributed by atoms with Gasteiger partial charge in [0, 0.05) is 12.1 Å². The maximum atomic E-state index is 12.5. The van der Waals surface area contributed by atoms with Crippen LogP contribution < -0.4 is 4.90 Å². The van der Waals surface area contributed by atoms with Crippen LogP contribution in [0.2, 0.25) is 0 Å². The van der Waals surface area contributed by atoms with Crippen LogP contribution >= 0.6 is 15.9 Å². The monoisotopic (exact) mass is 409 g/mol. The van der Waals surface area contributed by atoms with E-state index in [0.29, 0.717) is 11.1 Å². The molecule has 0 saturated carbocycles. The first-order chi connectivity index (χ1) is 12.7. The fourth-order valence-electron chi connectivity index (χ4n) is 3.11. The Labute approximate surface area is 159 Å². The number of anilines is 1. The van der Waals surface area contributed by atoms with Gasteiger partial charge in [-0.2, -0.15) is 0 Å². The molecule has 0 atom stereocenters. The molecule has 1 aliphatic heterocycles. The maximum Gasteiger partial charge on any atom is 0.414 e. The van der Waals surface area contributed by atoms with Gasteiger partial charge in [0.15, 0.2) is 0 Å². The summed E-state index contributed by atoms with van der Waals surface area (Å²) in [7, 11) is 0. The van der Waals surface area contributed by atoms with Gasteiger partial charge in [0.2, 0.25) is 0 Å². The molecule has 26 heavy (non-hydrogen) atoms. The van der Waals surface area contributed by atoms with Crippen LogP contribution in [-0.4, -0.2) is 22.6 Å². The highest BCUT2D eigenvalue weighted by molar-refractivity contribution is 9.10. The number of fused-ring (bicyclic) bond motifs is 1. The van der Waals surface area contributed by atoms with Crippen LogP contribution in [0.5, 0.6) is 0 Å². The standard InChI is InChI=1S/C20H16BrN3O2/c21-19-12-22-17(11-23-19)15-7-4-8-18-16(15)9-10-24(18)20(25)26-13-14-5-2-1-3-6-14/h1-8,11-12H,9-10,13H2. The van der Waals surface area contributed by atoms with Crippen LogP contribution in [0, 0.1) is 0 Å². The van der Waals surface area contributed by atoms with Crippen molar-refractivity contribution in [1.29, 1.82) is 0 Å². The van der Waals surface area contributed by atoms with Crippen molar-refractivity contribution in [3.63, 3.8) is 0 Å². The summed E-state index contributed by atoms with van der Waals surface area (Å²) in [5, 5.41) is 0. The van der Waals surface area contributed by atoms with Gasteiger partial charge in [0.1, 0.15) is 11.2 Å². The van der Waals surface area contributed by atoms with E-state index in [-0.39, 0.29) is 12.7 Å². The SMILES string of the molecule is O=C(OCc1ccccc1)N1CCc2c(-c3cnc(Br)cn3)cccc21. The van der Waals surface area contributed by atoms with E-state index < -0.39 is 0 Å². The molecule has 1 aromatic heterocycles. The summed E-state index contributed by atoms with van der Waals surface area (Å²) < 4.78 is 6.18. The minimum Gasteiger partial charge on any atom is -0.444 e. The molecule has 130 valence electrons. The van der Waals surface area contributed by atoms with E-state index in [9.17, 15) is 4.79 Å². The van der Waals surface area contributed by atoms with Gasteiger partial charge in [-0.15, -0.1) is 0 Å². The van der Waals surface area contributed by atoms with Crippen molar-refractivity contribution >= 4 is 27.7 Å². The lowest BCUT2D eigenvalue weighted by atomic mass is 10.0. The molecular formula is C20H16BrN3O2. The van der Waals surface area contributed by atoms with E-state index in [1.165, 1.54) is 0 Å². The first-order valence-corrected chi connectivity index (χ1v) is 9.10. The average Bonchev–Trinajstić information content (AvgIpc) is 3.12. The fourth-order valence-corrected chi connectivity index (χ4v) is 3.32. The van der Waals surface area contributed by atoms with Crippen molar-refractivity contribution in [3.05, 3.63) is 76.7 Å². The summed E-state index contributed by atoms with van der Waals surface area (Å²) in [6.45, 7) is 0.868. The number of hydrogen-bond donors (Lipinski definition) is 0. The molecule has 4 rings (SSSR count). The van der Waals surface area contributed by atoms with E-state index >= 15 is 0 Å². The largest absolute Gasteiger partial charge is 0.444 e. The van der Waals surface area contributed by atoms with Crippen LogP contribution in [-0.2, 0) is 17.8 Å². The number of rotatable bonds is 3. The normalized spacial score (nSPS) is 12.7. The van der Waals surface area contributed by atoms with Gasteiger partial charge in [-0.05, 0) is 39.5 Å². The topological polar surface area (TPSA) is 55.3 Å². The highest BCUT2D eigenvalue weighted by atomic mass is 79.9. The number of amides is 1. The highest BCUT2D eigenvalue weighted by Gasteiger charge is 2.28. The molecule has 2 aromatic carbocycles. The van der Waals surface area contributed by atoms with Crippen LogP contribution in [0.15, 0.2) is 65.5 Å². The van der Waals surface area contributed by atoms with Crippen molar-refractivity contribution in [2.75, 3.05) is 11.4 Å². The third-order valence-corrected chi connectivity index (χ3v) is 4.76. The van der Waals surface area contributed by atoms with Gasteiger partial charge in [0.25, 0.3) is 0 Å². The molecule has 0 bridgehead atoms. The Morgan fingerprint density at radius 1 is 1.08 bits per heavy atom. The van der Waals surface area contributed by atoms with Crippen molar-refractivity contribution in [2.45, 2.75) is 13.0 Å². The minimum absolute atomic E-state index is 0.267. The molecule has 0 N–H and O–H groups in total. The number of ether oxygens (including phenoxy) is 1. The van der Waals surface area contributed by atoms with Crippen molar-refractivity contribution < 1.29 is 9.53 Å². The van der Waals surface area contributed by atoms with Crippen molar-refractivity contribution in [1.82, 2.24) is 9.97 Å². The third kappa shape index (κ3) is 3.32. The van der Waals surface area contributed by atoms with Gasteiger partial charge < -0.3 is 4.74 Å². The number of nitrogens with zero attached hydrogens (tertiary/aromatic N) is 3. The smallest absolute Gasteiger partial charge is 0.414 e. The van der Waals surface area contributed by atoms with Gasteiger partial charge in [-0.3, -0.25) is 9.88 Å². The second kappa shape index (κ2) is 7.25. The summed E-state index contributed by atoms with van der Waals surface area (Å²) in [6.07, 6.45) is 3.85. The summed E-state index contributed by atoms with van der Waals surface area (Å²) in [6, 6.07) is 15.6. The predicted octanol–water partition coefficient (Wildman–Crippen LogP) is 4.61. The molecule has 0 radical (unpaired) electrons. The number of aromatic nitrogens is 2. The van der Waals surface area contributed by atoms with Gasteiger partial charge in [0.05, 0.1) is 23.8 Å². The maximum absolute atomic E-state index is 12.5. The summed E-state index contributed by atoms with van der Waals surface area (Å²) >= 11 is 3.30. The molecular weight excluding hydrogens is 394 g/mol. The van der Waals surface area contributed by atoms with Crippen LogP contribution in [0.25, 0.3) is 11.3 Å². The zero-order valence-corrected chi connectivity index (χ0v) is 15.5. The van der Waals surface area contributed by atoms with Gasteiger partial charge in [-0.25, -0.2) is 9.78 Å². The quantitative estimate of drug-likeness (QED) is 0.633. The van der Waals surface area contributed by atoms with E-state index in [2.05, 4.69) is 25.9 Å². The second-order valence-electron chi connectivity index (χ2n) is 5.97. The number of benzene rings is 2. The molecule has 0 unspecified atom stereocenters. The molecule has 1 aliphatic rings. The van der Waals surface area contributed by atoms with Crippen molar-refractivity contribution in [2.24, 2.45) is 0 Å². The average molecular weight is 410 g/mol. The van der Waals surface area contributed by atoms with Crippen LogP contribution in [0.3, 0.4) is 0 Å². The molecule has 0 spiro atoms. The zero-order valence-electron chi connectivity index (χ0n) is 13.9. The van der Waals surface area contributed by atoms with Gasteiger partial charge in [-0.1, -0.05) is 42.5 Å². The van der Waals surface area contributed by atoms with Gasteiger partial charge >= 0.3 is 6.09 Å². The van der Waals surface area contributed by atoms with E-state index in [1.807, 2.05) is 48.5 Å². The minimum atomic E-state index is -0.327. The molecule has 2 heterocycles. The molecule has 0 aliphatic carbocycles. The lowest BCUT2D eigenvalue weighted by Crippen LogP contribution is -2.29. The number of hydrogen-bond acceptors (Lipinski definition) is 4. The first-order valence-electron chi connectivity index (χ1n) is 8.30. The van der Waals surface area contributed by atoms with E-state index in [1.54, 1.807) is 17.3 Å². The number of carbonyl (C=O) groups excluding carboxylic acids is 1. The summed E-state index contributed by atoms with van der Waals surface area (Å²) in [5.74, 6) is 0. The van der Waals surface area contributed by atoms with E-state index in [0.717, 1.165) is 34.5 Å². The van der Waals surface area contributed by atoms with Crippen LogP contribution in [0.1, 0.15) is 11.1 Å². The summed E-state index contributed by atoms with van der Waals surface area (Å²) in [4.78, 5) is 22.9. The van der Waals surface area contributed by atoms with E-state index in [4.69, 9.17) is 4.74 Å². The summed E-state index contributed by atoms with van der Waals surface area (Å²) in [5.41, 5.74) is 4.75. The first kappa shape index (κ1) is 16.7. The molecule has 0 fully saturated rings. The fraction of sp³-hybridized carbons (Fsp3) is 0.150. The van der Waals surface area contributed by atoms with Crippen LogP contribution in [0.4, 0.5) is 10.5 Å². The lowest BCUT2D eigenvalue weighted by molar-refractivity contribution is 0.147. The zero-order chi connectivity index (χ0) is 17.9. The highest BCUT2D eigenvalue weighted by Crippen LogP contribution is 2.35. The predicted molar refractivity (Wildman–Crippen MR) is 103 cm³/mol. The number of carbonyl (C=O) groups is 1. The molecule has 6 heteroatoms. The molecule has 5 nitrogen and oxygen atoms in total. The Kier molecular flexibility index (Phi) is 4.67. The Balaban J connectivity index is 1.55. The Morgan fingerprint density at radius 3 is 2.69 bits per heavy atom. The Bertz CT molecular complexity index is 930. The molecule has 3 aromatic rings.